The topological polar surface area (TPSA) is 158 Å². The van der Waals surface area contributed by atoms with Gasteiger partial charge in [-0.15, -0.1) is 0 Å². The molecule has 0 bridgehead atoms. The molecule has 12 heteroatoms. The van der Waals surface area contributed by atoms with Crippen LogP contribution in [0.25, 0.3) is 0 Å². The molecule has 0 radical (unpaired) electrons. The number of para-hydroxylation sites is 4. The van der Waals surface area contributed by atoms with E-state index in [0.29, 0.717) is 11.1 Å². The third-order valence-electron chi connectivity index (χ3n) is 9.04. The molecule has 12 nitrogen and oxygen atoms in total. The first-order valence-electron chi connectivity index (χ1n) is 18.9. The van der Waals surface area contributed by atoms with Gasteiger partial charge in [-0.2, -0.15) is 0 Å². The molecular weight excluding hydrogens is 793 g/mol. The second-order valence-electron chi connectivity index (χ2n) is 13.6. The summed E-state index contributed by atoms with van der Waals surface area (Å²) in [7, 11) is 0. The average Bonchev–Trinajstić information content (AvgIpc) is 3.28. The Bertz CT molecular complexity index is 2580. The summed E-state index contributed by atoms with van der Waals surface area (Å²) in [6.07, 6.45) is 0. The molecule has 7 aromatic carbocycles. The van der Waals surface area contributed by atoms with E-state index in [4.69, 9.17) is 28.4 Å². The van der Waals surface area contributed by atoms with Crippen molar-refractivity contribution in [3.63, 3.8) is 0 Å². The van der Waals surface area contributed by atoms with Crippen LogP contribution in [0.3, 0.4) is 0 Å². The molecule has 62 heavy (non-hydrogen) atoms. The molecule has 306 valence electrons. The molecule has 0 saturated heterocycles. The molecular formula is C50H34O12. The maximum absolute atomic E-state index is 13.1. The van der Waals surface area contributed by atoms with Gasteiger partial charge in [0.25, 0.3) is 0 Å². The molecule has 0 aliphatic heterocycles. The van der Waals surface area contributed by atoms with Gasteiger partial charge in [-0.25, -0.2) is 28.8 Å². The van der Waals surface area contributed by atoms with Crippen molar-refractivity contribution in [1.82, 2.24) is 0 Å². The van der Waals surface area contributed by atoms with Gasteiger partial charge in [0.15, 0.2) is 23.0 Å². The Balaban J connectivity index is 0.926. The van der Waals surface area contributed by atoms with Crippen LogP contribution in [0.5, 0.6) is 34.5 Å². The van der Waals surface area contributed by atoms with Gasteiger partial charge in [0.05, 0.1) is 33.4 Å². The molecule has 0 N–H and O–H groups in total. The van der Waals surface area contributed by atoms with Gasteiger partial charge in [0.2, 0.25) is 0 Å². The lowest BCUT2D eigenvalue weighted by Gasteiger charge is -2.12. The van der Waals surface area contributed by atoms with Gasteiger partial charge in [-0.3, -0.25) is 0 Å². The first-order chi connectivity index (χ1) is 30.0. The lowest BCUT2D eigenvalue weighted by Crippen LogP contribution is -2.14. The average molecular weight is 827 g/mol. The van der Waals surface area contributed by atoms with Crippen molar-refractivity contribution in [2.24, 2.45) is 0 Å². The van der Waals surface area contributed by atoms with E-state index >= 15 is 0 Å². The van der Waals surface area contributed by atoms with Crippen molar-refractivity contribution in [2.75, 3.05) is 0 Å². The smallest absolute Gasteiger partial charge is 0.343 e. The number of carbonyl (C=O) groups excluding carboxylic acids is 6. The molecule has 0 fully saturated rings. The number of esters is 6. The van der Waals surface area contributed by atoms with Crippen molar-refractivity contribution >= 4 is 35.8 Å². The van der Waals surface area contributed by atoms with Crippen LogP contribution in [0, 0.1) is 13.8 Å². The standard InChI is InChI=1S/C50H34O12/c1-31-11-15-33(16-12-31)45(51)57-39-27-23-37(24-28-39)49(55)61-43-9-5-3-7-41(43)59-47(53)35-19-21-36(22-20-35)48(54)60-42-8-4-6-10-44(42)62-50(56)38-25-29-40(30-26-38)58-46(52)34-17-13-32(2)14-18-34/h3-30H,1-2H3. The van der Waals surface area contributed by atoms with E-state index in [-0.39, 0.29) is 56.8 Å². The molecule has 0 spiro atoms. The predicted molar refractivity (Wildman–Crippen MR) is 224 cm³/mol. The fourth-order valence-electron chi connectivity index (χ4n) is 5.64. The highest BCUT2D eigenvalue weighted by Gasteiger charge is 2.20. The number of carbonyl (C=O) groups is 6. The number of hydrogen-bond acceptors (Lipinski definition) is 12. The van der Waals surface area contributed by atoms with Crippen LogP contribution in [0.4, 0.5) is 0 Å². The summed E-state index contributed by atoms with van der Waals surface area (Å²) in [6.45, 7) is 3.81. The summed E-state index contributed by atoms with van der Waals surface area (Å²) in [5.74, 6) is -3.89. The molecule has 7 aromatic rings. The zero-order valence-corrected chi connectivity index (χ0v) is 33.1. The van der Waals surface area contributed by atoms with E-state index in [0.717, 1.165) is 11.1 Å². The van der Waals surface area contributed by atoms with E-state index in [1.807, 2.05) is 13.8 Å². The molecule has 0 amide bonds. The Morgan fingerprint density at radius 3 is 0.694 bits per heavy atom. The number of benzene rings is 7. The van der Waals surface area contributed by atoms with Gasteiger partial charge in [0.1, 0.15) is 11.5 Å². The number of ether oxygens (including phenoxy) is 6. The summed E-state index contributed by atoms with van der Waals surface area (Å²) >= 11 is 0. The number of aryl methyl sites for hydroxylation is 2. The van der Waals surface area contributed by atoms with Crippen molar-refractivity contribution in [3.05, 3.63) is 214 Å². The van der Waals surface area contributed by atoms with Gasteiger partial charge in [-0.05, 0) is 135 Å². The maximum atomic E-state index is 13.1. The maximum Gasteiger partial charge on any atom is 0.343 e. The summed E-state index contributed by atoms with van der Waals surface area (Å²) < 4.78 is 33.0. The van der Waals surface area contributed by atoms with Gasteiger partial charge in [0, 0.05) is 0 Å². The Hall–Kier alpha value is -8.64. The molecule has 0 aromatic heterocycles. The molecule has 0 heterocycles. The molecule has 0 atom stereocenters. The quantitative estimate of drug-likeness (QED) is 0.0850. The van der Waals surface area contributed by atoms with Crippen molar-refractivity contribution < 1.29 is 57.2 Å². The Kier molecular flexibility index (Phi) is 12.7. The molecule has 7 rings (SSSR count). The van der Waals surface area contributed by atoms with E-state index < -0.39 is 35.8 Å². The highest BCUT2D eigenvalue weighted by molar-refractivity contribution is 5.97. The van der Waals surface area contributed by atoms with Crippen LogP contribution in [0.1, 0.15) is 73.3 Å². The summed E-state index contributed by atoms with van der Waals surface area (Å²) in [5, 5.41) is 0. The largest absolute Gasteiger partial charge is 0.423 e. The monoisotopic (exact) mass is 826 g/mol. The van der Waals surface area contributed by atoms with Gasteiger partial charge in [-0.1, -0.05) is 59.7 Å². The van der Waals surface area contributed by atoms with Crippen molar-refractivity contribution in [3.8, 4) is 34.5 Å². The summed E-state index contributed by atoms with van der Waals surface area (Å²) in [6, 6.07) is 43.0. The second-order valence-corrected chi connectivity index (χ2v) is 13.6. The highest BCUT2D eigenvalue weighted by Crippen LogP contribution is 2.30. The van der Waals surface area contributed by atoms with E-state index in [9.17, 15) is 28.8 Å². The second kappa shape index (κ2) is 19.0. The fourth-order valence-corrected chi connectivity index (χ4v) is 5.64. The minimum Gasteiger partial charge on any atom is -0.423 e. The minimum absolute atomic E-state index is 0.0308. The molecule has 0 aliphatic rings. The fraction of sp³-hybridized carbons (Fsp3) is 0.0400. The van der Waals surface area contributed by atoms with Crippen LogP contribution >= 0.6 is 0 Å². The van der Waals surface area contributed by atoms with Crippen LogP contribution in [0.15, 0.2) is 170 Å². The molecule has 0 unspecified atom stereocenters. The molecule has 0 saturated carbocycles. The first kappa shape index (κ1) is 41.5. The number of hydrogen-bond donors (Lipinski definition) is 0. The third-order valence-corrected chi connectivity index (χ3v) is 9.04. The Morgan fingerprint density at radius 1 is 0.258 bits per heavy atom. The van der Waals surface area contributed by atoms with Crippen LogP contribution < -0.4 is 28.4 Å². The Morgan fingerprint density at radius 2 is 0.452 bits per heavy atom. The first-order valence-corrected chi connectivity index (χ1v) is 18.9. The zero-order chi connectivity index (χ0) is 43.6. The summed E-state index contributed by atoms with van der Waals surface area (Å²) in [4.78, 5) is 77.2. The normalized spacial score (nSPS) is 10.5. The Labute approximate surface area is 354 Å². The van der Waals surface area contributed by atoms with Gasteiger partial charge < -0.3 is 28.4 Å². The predicted octanol–water partition coefficient (Wildman–Crippen LogP) is 9.62. The van der Waals surface area contributed by atoms with Crippen LogP contribution in [-0.2, 0) is 0 Å². The number of rotatable bonds is 12. The zero-order valence-electron chi connectivity index (χ0n) is 33.1. The molecule has 0 aliphatic carbocycles. The van der Waals surface area contributed by atoms with E-state index in [2.05, 4.69) is 0 Å². The lowest BCUT2D eigenvalue weighted by atomic mass is 10.1. The van der Waals surface area contributed by atoms with Gasteiger partial charge >= 0.3 is 35.8 Å². The SMILES string of the molecule is Cc1ccc(C(=O)Oc2ccc(C(=O)Oc3ccccc3OC(=O)c3ccc(C(=O)Oc4ccccc4OC(=O)c4ccc(OC(=O)c5ccc(C)cc5)cc4)cc3)cc2)cc1. The highest BCUT2D eigenvalue weighted by atomic mass is 16.6. The summed E-state index contributed by atoms with van der Waals surface area (Å²) in [5.41, 5.74) is 3.21. The van der Waals surface area contributed by atoms with E-state index in [1.165, 1.54) is 97.1 Å². The van der Waals surface area contributed by atoms with E-state index in [1.54, 1.807) is 72.8 Å². The lowest BCUT2D eigenvalue weighted by molar-refractivity contribution is 0.0679. The van der Waals surface area contributed by atoms with Crippen molar-refractivity contribution in [1.29, 1.82) is 0 Å². The minimum atomic E-state index is -0.803. The van der Waals surface area contributed by atoms with Crippen LogP contribution in [-0.4, -0.2) is 35.8 Å². The van der Waals surface area contributed by atoms with Crippen LogP contribution in [0.2, 0.25) is 0 Å². The van der Waals surface area contributed by atoms with Crippen molar-refractivity contribution in [2.45, 2.75) is 13.8 Å². The third kappa shape index (κ3) is 10.5.